The Hall–Kier alpha value is -0.980. The van der Waals surface area contributed by atoms with Crippen molar-refractivity contribution in [3.63, 3.8) is 0 Å². The maximum absolute atomic E-state index is 5.39. The highest BCUT2D eigenvalue weighted by molar-refractivity contribution is 4.98. The number of hydrogen-bond acceptors (Lipinski definition) is 5. The van der Waals surface area contributed by atoms with Gasteiger partial charge in [0.05, 0.1) is 24.9 Å². The molecule has 1 aromatic rings. The summed E-state index contributed by atoms with van der Waals surface area (Å²) in [6, 6.07) is -0.110. The Kier molecular flexibility index (Phi) is 3.81. The molecule has 74 valence electrons. The maximum atomic E-state index is 5.39. The van der Waals surface area contributed by atoms with E-state index in [-0.39, 0.29) is 12.1 Å². The van der Waals surface area contributed by atoms with Gasteiger partial charge in [-0.25, -0.2) is 5.43 Å². The lowest BCUT2D eigenvalue weighted by molar-refractivity contribution is 0.0603. The van der Waals surface area contributed by atoms with E-state index in [1.807, 2.05) is 13.8 Å². The number of hydrazine groups is 1. The minimum absolute atomic E-state index is 0.110. The predicted molar refractivity (Wildman–Crippen MR) is 47.5 cm³/mol. The summed E-state index contributed by atoms with van der Waals surface area (Å²) < 4.78 is 5.39. The largest absolute Gasteiger partial charge is 0.377 e. The summed E-state index contributed by atoms with van der Waals surface area (Å²) in [6.07, 6.45) is 1.80. The maximum Gasteiger partial charge on any atom is 0.103 e. The molecule has 6 nitrogen and oxygen atoms in total. The van der Waals surface area contributed by atoms with Crippen LogP contribution < -0.4 is 11.3 Å². The van der Waals surface area contributed by atoms with Crippen LogP contribution in [0.15, 0.2) is 6.20 Å². The van der Waals surface area contributed by atoms with E-state index in [0.717, 1.165) is 5.69 Å². The number of nitrogens with one attached hydrogen (secondary N) is 2. The summed E-state index contributed by atoms with van der Waals surface area (Å²) in [5.41, 5.74) is 3.37. The molecule has 13 heavy (non-hydrogen) atoms. The Bertz CT molecular complexity index is 223. The molecule has 0 radical (unpaired) electrons. The van der Waals surface area contributed by atoms with Gasteiger partial charge in [0.15, 0.2) is 0 Å². The van der Waals surface area contributed by atoms with E-state index < -0.39 is 0 Å². The van der Waals surface area contributed by atoms with E-state index in [9.17, 15) is 0 Å². The molecule has 1 aromatic heterocycles. The standard InChI is InChI=1S/C7H15N5O/c1-5(2)13-4-7(10-8)6-3-9-12-11-6/h3,5,7,10H,4,8H2,1-2H3,(H,9,11,12). The van der Waals surface area contributed by atoms with Crippen molar-refractivity contribution in [2.24, 2.45) is 5.84 Å². The third-order valence-electron chi connectivity index (χ3n) is 1.59. The Morgan fingerprint density at radius 3 is 2.92 bits per heavy atom. The van der Waals surface area contributed by atoms with Crippen molar-refractivity contribution in [3.8, 4) is 0 Å². The number of aromatic amines is 1. The van der Waals surface area contributed by atoms with Crippen LogP contribution in [0.5, 0.6) is 0 Å². The number of nitrogens with zero attached hydrogens (tertiary/aromatic N) is 2. The molecule has 0 aliphatic rings. The van der Waals surface area contributed by atoms with Crippen molar-refractivity contribution in [2.45, 2.75) is 26.0 Å². The lowest BCUT2D eigenvalue weighted by atomic mass is 10.2. The minimum Gasteiger partial charge on any atom is -0.377 e. The third kappa shape index (κ3) is 3.10. The molecule has 0 saturated carbocycles. The van der Waals surface area contributed by atoms with Crippen LogP contribution in [-0.4, -0.2) is 28.1 Å². The van der Waals surface area contributed by atoms with E-state index in [1.54, 1.807) is 6.20 Å². The fraction of sp³-hybridized carbons (Fsp3) is 0.714. The van der Waals surface area contributed by atoms with Gasteiger partial charge in [0.2, 0.25) is 0 Å². The number of rotatable bonds is 5. The molecular weight excluding hydrogens is 170 g/mol. The Morgan fingerprint density at radius 1 is 1.69 bits per heavy atom. The average molecular weight is 185 g/mol. The van der Waals surface area contributed by atoms with Gasteiger partial charge in [-0.15, -0.1) is 0 Å². The monoisotopic (exact) mass is 185 g/mol. The summed E-state index contributed by atoms with van der Waals surface area (Å²) in [6.45, 7) is 4.42. The second-order valence-electron chi connectivity index (χ2n) is 3.00. The summed E-state index contributed by atoms with van der Waals surface area (Å²) in [5, 5.41) is 10.1. The normalized spacial score (nSPS) is 13.5. The van der Waals surface area contributed by atoms with Gasteiger partial charge in [0.25, 0.3) is 0 Å². The van der Waals surface area contributed by atoms with Crippen molar-refractivity contribution < 1.29 is 4.74 Å². The van der Waals surface area contributed by atoms with E-state index in [0.29, 0.717) is 6.61 Å². The fourth-order valence-corrected chi connectivity index (χ4v) is 0.886. The van der Waals surface area contributed by atoms with Crippen LogP contribution in [0.2, 0.25) is 0 Å². The van der Waals surface area contributed by atoms with Crippen LogP contribution in [0.4, 0.5) is 0 Å². The highest BCUT2D eigenvalue weighted by Gasteiger charge is 2.12. The number of nitrogens with two attached hydrogens (primary N) is 1. The molecule has 0 bridgehead atoms. The summed E-state index contributed by atoms with van der Waals surface area (Å²) in [4.78, 5) is 0. The minimum atomic E-state index is -0.110. The van der Waals surface area contributed by atoms with Gasteiger partial charge in [-0.1, -0.05) is 0 Å². The van der Waals surface area contributed by atoms with E-state index >= 15 is 0 Å². The summed E-state index contributed by atoms with van der Waals surface area (Å²) in [5.74, 6) is 5.34. The molecule has 1 atom stereocenters. The molecule has 6 heteroatoms. The van der Waals surface area contributed by atoms with Crippen molar-refractivity contribution in [3.05, 3.63) is 11.9 Å². The second kappa shape index (κ2) is 4.90. The average Bonchev–Trinajstić information content (AvgIpc) is 2.58. The number of H-pyrrole nitrogens is 1. The number of ether oxygens (including phenoxy) is 1. The van der Waals surface area contributed by atoms with Crippen LogP contribution in [0.3, 0.4) is 0 Å². The van der Waals surface area contributed by atoms with E-state index in [4.69, 9.17) is 10.6 Å². The molecule has 0 amide bonds. The Labute approximate surface area is 76.8 Å². The van der Waals surface area contributed by atoms with Crippen LogP contribution in [0.25, 0.3) is 0 Å². The third-order valence-corrected chi connectivity index (χ3v) is 1.59. The summed E-state index contributed by atoms with van der Waals surface area (Å²) in [7, 11) is 0. The van der Waals surface area contributed by atoms with Gasteiger partial charge in [-0.2, -0.15) is 15.4 Å². The van der Waals surface area contributed by atoms with Crippen molar-refractivity contribution in [2.75, 3.05) is 6.61 Å². The first-order valence-corrected chi connectivity index (χ1v) is 4.17. The van der Waals surface area contributed by atoms with Gasteiger partial charge in [-0.3, -0.25) is 5.84 Å². The first-order chi connectivity index (χ1) is 6.24. The Morgan fingerprint density at radius 2 is 2.46 bits per heavy atom. The van der Waals surface area contributed by atoms with Gasteiger partial charge < -0.3 is 4.74 Å². The molecule has 1 rings (SSSR count). The van der Waals surface area contributed by atoms with E-state index in [1.165, 1.54) is 0 Å². The molecular formula is C7H15N5O. The van der Waals surface area contributed by atoms with E-state index in [2.05, 4.69) is 20.8 Å². The SMILES string of the molecule is CC(C)OCC(NN)c1cn[nH]n1. The first kappa shape index (κ1) is 10.1. The zero-order valence-corrected chi connectivity index (χ0v) is 7.82. The number of hydrogen-bond donors (Lipinski definition) is 3. The zero-order valence-electron chi connectivity index (χ0n) is 7.82. The molecule has 0 fully saturated rings. The molecule has 0 aromatic carbocycles. The molecule has 0 saturated heterocycles. The molecule has 1 heterocycles. The van der Waals surface area contributed by atoms with Crippen molar-refractivity contribution in [1.29, 1.82) is 0 Å². The predicted octanol–water partition coefficient (Wildman–Crippen LogP) is -0.266. The lowest BCUT2D eigenvalue weighted by Crippen LogP contribution is -2.32. The second-order valence-corrected chi connectivity index (χ2v) is 3.00. The van der Waals surface area contributed by atoms with Crippen LogP contribution in [0.1, 0.15) is 25.6 Å². The quantitative estimate of drug-likeness (QED) is 0.434. The van der Waals surface area contributed by atoms with Gasteiger partial charge in [-0.05, 0) is 13.8 Å². The van der Waals surface area contributed by atoms with Gasteiger partial charge >= 0.3 is 0 Å². The topological polar surface area (TPSA) is 88.9 Å². The van der Waals surface area contributed by atoms with Crippen molar-refractivity contribution >= 4 is 0 Å². The fourth-order valence-electron chi connectivity index (χ4n) is 0.886. The van der Waals surface area contributed by atoms with Crippen LogP contribution in [-0.2, 0) is 4.74 Å². The lowest BCUT2D eigenvalue weighted by Gasteiger charge is -2.14. The Balaban J connectivity index is 2.44. The number of aromatic nitrogens is 3. The smallest absolute Gasteiger partial charge is 0.103 e. The molecule has 4 N–H and O–H groups in total. The molecule has 1 unspecified atom stereocenters. The molecule has 0 aliphatic carbocycles. The van der Waals surface area contributed by atoms with Crippen LogP contribution in [0, 0.1) is 0 Å². The van der Waals surface area contributed by atoms with Crippen molar-refractivity contribution in [1.82, 2.24) is 20.8 Å². The highest BCUT2D eigenvalue weighted by Crippen LogP contribution is 2.07. The first-order valence-electron chi connectivity index (χ1n) is 4.17. The van der Waals surface area contributed by atoms with Gasteiger partial charge in [0.1, 0.15) is 5.69 Å². The molecule has 0 spiro atoms. The highest BCUT2D eigenvalue weighted by atomic mass is 16.5. The van der Waals surface area contributed by atoms with Crippen LogP contribution >= 0.6 is 0 Å². The zero-order chi connectivity index (χ0) is 9.68. The summed E-state index contributed by atoms with van der Waals surface area (Å²) >= 11 is 0. The van der Waals surface area contributed by atoms with Gasteiger partial charge in [0, 0.05) is 0 Å². The molecule has 0 aliphatic heterocycles.